The first-order valence-electron chi connectivity index (χ1n) is 8.84. The average molecular weight is 357 g/mol. The minimum atomic E-state index is -1.06. The first kappa shape index (κ1) is 23.6. The molecule has 0 saturated heterocycles. The second-order valence-corrected chi connectivity index (χ2v) is 8.94. The largest absolute Gasteiger partial charge is 0.462 e. The Balaban J connectivity index is 4.95. The lowest BCUT2D eigenvalue weighted by atomic mass is 9.59. The summed E-state index contributed by atoms with van der Waals surface area (Å²) in [5, 5.41) is 9.90. The molecule has 0 aromatic rings. The maximum Gasteiger partial charge on any atom is 0.333 e. The molecular weight excluding hydrogens is 320 g/mol. The molecule has 0 radical (unpaired) electrons. The van der Waals surface area contributed by atoms with Gasteiger partial charge in [-0.2, -0.15) is 0 Å². The lowest BCUT2D eigenvalue weighted by Crippen LogP contribution is -2.46. The molecule has 0 aromatic heterocycles. The number of aliphatic hydroxyl groups is 1. The molecular formula is C20H36O5. The third kappa shape index (κ3) is 7.18. The van der Waals surface area contributed by atoms with E-state index in [4.69, 9.17) is 9.47 Å². The van der Waals surface area contributed by atoms with Crippen LogP contribution in [0.3, 0.4) is 0 Å². The van der Waals surface area contributed by atoms with E-state index >= 15 is 0 Å². The van der Waals surface area contributed by atoms with Crippen LogP contribution in [0.2, 0.25) is 0 Å². The molecule has 0 fully saturated rings. The summed E-state index contributed by atoms with van der Waals surface area (Å²) >= 11 is 0. The maximum absolute atomic E-state index is 12.8. The standard InChI is InChI=1S/C20H36O5/c1-10-19(7,8)20(9,13-18(4,5)6)17(23)25-12-15(21)11-24-16(22)14(2)3/h15,21H,2,10-13H2,1,3-9H3. The molecule has 0 aliphatic carbocycles. The van der Waals surface area contributed by atoms with Gasteiger partial charge >= 0.3 is 11.9 Å². The summed E-state index contributed by atoms with van der Waals surface area (Å²) < 4.78 is 10.3. The number of rotatable bonds is 9. The minimum Gasteiger partial charge on any atom is -0.462 e. The fourth-order valence-corrected chi connectivity index (χ4v) is 2.71. The molecule has 0 rings (SSSR count). The van der Waals surface area contributed by atoms with Crippen molar-refractivity contribution in [3.8, 4) is 0 Å². The molecule has 146 valence electrons. The van der Waals surface area contributed by atoms with Gasteiger partial charge in [-0.25, -0.2) is 4.79 Å². The number of esters is 2. The average Bonchev–Trinajstić information content (AvgIpc) is 2.47. The Morgan fingerprint density at radius 1 is 1.04 bits per heavy atom. The van der Waals surface area contributed by atoms with Crippen LogP contribution >= 0.6 is 0 Å². The van der Waals surface area contributed by atoms with Gasteiger partial charge in [-0.15, -0.1) is 0 Å². The van der Waals surface area contributed by atoms with Gasteiger partial charge in [0.05, 0.1) is 5.41 Å². The van der Waals surface area contributed by atoms with Gasteiger partial charge in [0.2, 0.25) is 0 Å². The molecule has 0 aliphatic rings. The Hall–Kier alpha value is -1.36. The molecule has 0 aromatic carbocycles. The second-order valence-electron chi connectivity index (χ2n) is 8.94. The fraction of sp³-hybridized carbons (Fsp3) is 0.800. The van der Waals surface area contributed by atoms with Crippen molar-refractivity contribution >= 4 is 11.9 Å². The van der Waals surface area contributed by atoms with Gasteiger partial charge in [-0.1, -0.05) is 48.1 Å². The molecule has 0 bridgehead atoms. The van der Waals surface area contributed by atoms with Crippen molar-refractivity contribution in [2.75, 3.05) is 13.2 Å². The lowest BCUT2D eigenvalue weighted by Gasteiger charge is -2.45. The van der Waals surface area contributed by atoms with Gasteiger partial charge in [0.15, 0.2) is 0 Å². The summed E-state index contributed by atoms with van der Waals surface area (Å²) in [7, 11) is 0. The molecule has 2 unspecified atom stereocenters. The highest BCUT2D eigenvalue weighted by Gasteiger charge is 2.49. The first-order chi connectivity index (χ1) is 11.2. The normalized spacial score (nSPS) is 15.9. The van der Waals surface area contributed by atoms with E-state index in [0.29, 0.717) is 6.42 Å². The highest BCUT2D eigenvalue weighted by Crippen LogP contribution is 2.49. The van der Waals surface area contributed by atoms with E-state index in [1.165, 1.54) is 6.92 Å². The molecule has 25 heavy (non-hydrogen) atoms. The quantitative estimate of drug-likeness (QED) is 0.501. The molecule has 0 aliphatic heterocycles. The smallest absolute Gasteiger partial charge is 0.333 e. The van der Waals surface area contributed by atoms with Crippen molar-refractivity contribution in [2.24, 2.45) is 16.2 Å². The molecule has 5 heteroatoms. The number of carbonyl (C=O) groups excluding carboxylic acids is 2. The van der Waals surface area contributed by atoms with Gasteiger partial charge in [0.25, 0.3) is 0 Å². The third-order valence-electron chi connectivity index (χ3n) is 4.87. The zero-order chi connectivity index (χ0) is 20.1. The Morgan fingerprint density at radius 2 is 1.52 bits per heavy atom. The Labute approximate surface area is 152 Å². The van der Waals surface area contributed by atoms with Crippen molar-refractivity contribution in [3.63, 3.8) is 0 Å². The highest BCUT2D eigenvalue weighted by molar-refractivity contribution is 5.86. The van der Waals surface area contributed by atoms with E-state index in [0.717, 1.165) is 6.42 Å². The molecule has 5 nitrogen and oxygen atoms in total. The van der Waals surface area contributed by atoms with E-state index < -0.39 is 17.5 Å². The number of hydrogen-bond donors (Lipinski definition) is 1. The first-order valence-corrected chi connectivity index (χ1v) is 8.84. The van der Waals surface area contributed by atoms with Crippen LogP contribution in [0.4, 0.5) is 0 Å². The number of carbonyl (C=O) groups is 2. The van der Waals surface area contributed by atoms with Crippen LogP contribution in [-0.2, 0) is 19.1 Å². The van der Waals surface area contributed by atoms with Crippen LogP contribution in [0.1, 0.15) is 68.2 Å². The molecule has 0 amide bonds. The van der Waals surface area contributed by atoms with Crippen molar-refractivity contribution in [3.05, 3.63) is 12.2 Å². The van der Waals surface area contributed by atoms with Crippen molar-refractivity contribution in [1.29, 1.82) is 0 Å². The molecule has 0 spiro atoms. The van der Waals surface area contributed by atoms with Crippen molar-refractivity contribution < 1.29 is 24.2 Å². The summed E-state index contributed by atoms with van der Waals surface area (Å²) in [6, 6.07) is 0. The van der Waals surface area contributed by atoms with Crippen LogP contribution in [0.15, 0.2) is 12.2 Å². The van der Waals surface area contributed by atoms with Crippen LogP contribution in [0.5, 0.6) is 0 Å². The molecule has 0 heterocycles. The SMILES string of the molecule is C=C(C)C(=O)OCC(O)COC(=O)C(C)(CC(C)(C)C)C(C)(C)CC. The molecule has 2 atom stereocenters. The topological polar surface area (TPSA) is 72.8 Å². The predicted molar refractivity (Wildman–Crippen MR) is 99.0 cm³/mol. The van der Waals surface area contributed by atoms with E-state index in [-0.39, 0.29) is 35.6 Å². The van der Waals surface area contributed by atoms with Gasteiger partial charge in [0.1, 0.15) is 19.3 Å². The van der Waals surface area contributed by atoms with Gasteiger partial charge in [-0.3, -0.25) is 4.79 Å². The zero-order valence-corrected chi connectivity index (χ0v) is 17.2. The number of aliphatic hydroxyl groups excluding tert-OH is 1. The number of hydrogen-bond acceptors (Lipinski definition) is 5. The van der Waals surface area contributed by atoms with Crippen molar-refractivity contribution in [1.82, 2.24) is 0 Å². The predicted octanol–water partition coefficient (Wildman–Crippen LogP) is 3.89. The Bertz CT molecular complexity index is 487. The lowest BCUT2D eigenvalue weighted by molar-refractivity contribution is -0.170. The van der Waals surface area contributed by atoms with Crippen LogP contribution in [-0.4, -0.2) is 36.4 Å². The second kappa shape index (κ2) is 8.84. The monoisotopic (exact) mass is 356 g/mol. The summed E-state index contributed by atoms with van der Waals surface area (Å²) in [6.07, 6.45) is 0.435. The van der Waals surface area contributed by atoms with Crippen LogP contribution in [0, 0.1) is 16.2 Å². The van der Waals surface area contributed by atoms with E-state index in [1.54, 1.807) is 0 Å². The van der Waals surface area contributed by atoms with E-state index in [1.807, 2.05) is 6.92 Å². The van der Waals surface area contributed by atoms with E-state index in [9.17, 15) is 14.7 Å². The van der Waals surface area contributed by atoms with Gasteiger partial charge in [0, 0.05) is 5.57 Å². The highest BCUT2D eigenvalue weighted by atomic mass is 16.6. The third-order valence-corrected chi connectivity index (χ3v) is 4.87. The summed E-state index contributed by atoms with van der Waals surface area (Å²) in [5.74, 6) is -0.908. The minimum absolute atomic E-state index is 0.0458. The fourth-order valence-electron chi connectivity index (χ4n) is 2.71. The van der Waals surface area contributed by atoms with E-state index in [2.05, 4.69) is 48.1 Å². The van der Waals surface area contributed by atoms with Gasteiger partial charge in [-0.05, 0) is 37.5 Å². The summed E-state index contributed by atoms with van der Waals surface area (Å²) in [4.78, 5) is 24.2. The van der Waals surface area contributed by atoms with Crippen LogP contribution < -0.4 is 0 Å². The summed E-state index contributed by atoms with van der Waals surface area (Å²) in [6.45, 7) is 18.9. The van der Waals surface area contributed by atoms with Crippen molar-refractivity contribution in [2.45, 2.75) is 74.3 Å². The number of ether oxygens (including phenoxy) is 2. The summed E-state index contributed by atoms with van der Waals surface area (Å²) in [5.41, 5.74) is -0.731. The van der Waals surface area contributed by atoms with Crippen LogP contribution in [0.25, 0.3) is 0 Å². The molecule has 0 saturated carbocycles. The molecule has 1 N–H and O–H groups in total. The zero-order valence-electron chi connectivity index (χ0n) is 17.2. The maximum atomic E-state index is 12.8. The Morgan fingerprint density at radius 3 is 1.92 bits per heavy atom. The Kier molecular flexibility index (Phi) is 8.35. The van der Waals surface area contributed by atoms with Gasteiger partial charge < -0.3 is 14.6 Å².